The van der Waals surface area contributed by atoms with Crippen LogP contribution in [-0.2, 0) is 9.53 Å². The normalized spacial score (nSPS) is 37.8. The van der Waals surface area contributed by atoms with Gasteiger partial charge in [0.15, 0.2) is 0 Å². The average Bonchev–Trinajstić information content (AvgIpc) is 2.14. The minimum atomic E-state index is -0.351. The van der Waals surface area contributed by atoms with Gasteiger partial charge in [-0.05, 0) is 51.9 Å². The van der Waals surface area contributed by atoms with Crippen LogP contribution in [0.15, 0.2) is 0 Å². The van der Waals surface area contributed by atoms with Crippen molar-refractivity contribution in [2.24, 2.45) is 10.8 Å². The zero-order chi connectivity index (χ0) is 12.0. The van der Waals surface area contributed by atoms with Crippen LogP contribution in [0.1, 0.15) is 52.9 Å². The molecule has 0 heterocycles. The Hall–Kier alpha value is -0.0500. The van der Waals surface area contributed by atoms with Crippen LogP contribution in [0.3, 0.4) is 0 Å². The summed E-state index contributed by atoms with van der Waals surface area (Å²) >= 11 is 3.59. The van der Waals surface area contributed by atoms with E-state index in [2.05, 4.69) is 15.9 Å². The Morgan fingerprint density at radius 2 is 1.94 bits per heavy atom. The van der Waals surface area contributed by atoms with Crippen molar-refractivity contribution >= 4 is 21.9 Å². The predicted octanol–water partition coefficient (Wildman–Crippen LogP) is 3.67. The van der Waals surface area contributed by atoms with Crippen LogP contribution in [-0.4, -0.2) is 16.9 Å². The van der Waals surface area contributed by atoms with Gasteiger partial charge < -0.3 is 4.74 Å². The lowest BCUT2D eigenvalue weighted by Crippen LogP contribution is -2.56. The number of hydrogen-bond acceptors (Lipinski definition) is 2. The van der Waals surface area contributed by atoms with Crippen LogP contribution >= 0.6 is 15.9 Å². The lowest BCUT2D eigenvalue weighted by molar-refractivity contribution is -0.190. The summed E-state index contributed by atoms with van der Waals surface area (Å²) in [6.07, 6.45) is 5.52. The summed E-state index contributed by atoms with van der Waals surface area (Å²) in [6, 6.07) is 0. The van der Waals surface area contributed by atoms with Crippen molar-refractivity contribution < 1.29 is 9.53 Å². The Morgan fingerprint density at radius 3 is 2.44 bits per heavy atom. The molecule has 3 heteroatoms. The van der Waals surface area contributed by atoms with Crippen LogP contribution in [0, 0.1) is 10.8 Å². The first-order valence-corrected chi connectivity index (χ1v) is 7.23. The molecule has 3 rings (SSSR count). The van der Waals surface area contributed by atoms with E-state index in [1.54, 1.807) is 0 Å². The highest BCUT2D eigenvalue weighted by atomic mass is 79.9. The number of rotatable bonds is 2. The van der Waals surface area contributed by atoms with E-state index in [0.717, 1.165) is 24.6 Å². The van der Waals surface area contributed by atoms with Crippen LogP contribution in [0.25, 0.3) is 0 Å². The zero-order valence-electron chi connectivity index (χ0n) is 10.4. The van der Waals surface area contributed by atoms with Gasteiger partial charge in [0, 0.05) is 5.33 Å². The minimum Gasteiger partial charge on any atom is -0.460 e. The summed E-state index contributed by atoms with van der Waals surface area (Å²) in [7, 11) is 0. The van der Waals surface area contributed by atoms with Crippen molar-refractivity contribution in [2.45, 2.75) is 58.5 Å². The monoisotopic (exact) mass is 288 g/mol. The van der Waals surface area contributed by atoms with E-state index >= 15 is 0 Å². The molecule has 0 aromatic heterocycles. The number of carbonyl (C=O) groups is 1. The van der Waals surface area contributed by atoms with E-state index in [9.17, 15) is 4.79 Å². The molecule has 0 atom stereocenters. The molecule has 3 aliphatic rings. The third kappa shape index (κ3) is 2.03. The van der Waals surface area contributed by atoms with Crippen LogP contribution < -0.4 is 0 Å². The van der Waals surface area contributed by atoms with Gasteiger partial charge in [-0.1, -0.05) is 22.4 Å². The molecule has 3 aliphatic carbocycles. The Bertz CT molecular complexity index is 298. The van der Waals surface area contributed by atoms with Crippen LogP contribution in [0.4, 0.5) is 0 Å². The van der Waals surface area contributed by atoms with Gasteiger partial charge in [0.25, 0.3) is 0 Å². The number of esters is 1. The van der Waals surface area contributed by atoms with Crippen molar-refractivity contribution in [3.8, 4) is 0 Å². The maximum atomic E-state index is 12.2. The van der Waals surface area contributed by atoms with Crippen molar-refractivity contribution in [1.29, 1.82) is 0 Å². The number of fused-ring (bicyclic) bond motifs is 2. The summed E-state index contributed by atoms with van der Waals surface area (Å²) in [5.74, 6) is 0.0382. The molecule has 92 valence electrons. The first-order chi connectivity index (χ1) is 7.31. The molecule has 3 fully saturated rings. The number of carbonyl (C=O) groups excluding carboxylic acids is 1. The van der Waals surface area contributed by atoms with Gasteiger partial charge in [0.1, 0.15) is 5.60 Å². The molecule has 0 N–H and O–H groups in total. The van der Waals surface area contributed by atoms with E-state index in [1.165, 1.54) is 12.8 Å². The highest BCUT2D eigenvalue weighted by Gasteiger charge is 2.61. The summed E-state index contributed by atoms with van der Waals surface area (Å²) < 4.78 is 5.55. The molecule has 3 saturated carbocycles. The van der Waals surface area contributed by atoms with E-state index in [4.69, 9.17) is 4.74 Å². The average molecular weight is 289 g/mol. The summed E-state index contributed by atoms with van der Waals surface area (Å²) in [5, 5.41) is 1.03. The van der Waals surface area contributed by atoms with Crippen LogP contribution in [0.2, 0.25) is 0 Å². The third-order valence-corrected chi connectivity index (χ3v) is 5.09. The smallest absolute Gasteiger partial charge is 0.312 e. The fraction of sp³-hybridized carbons (Fsp3) is 0.923. The molecule has 0 aliphatic heterocycles. The highest BCUT2D eigenvalue weighted by Crippen LogP contribution is 2.64. The first-order valence-electron chi connectivity index (χ1n) is 6.10. The quantitative estimate of drug-likeness (QED) is 0.572. The fourth-order valence-corrected chi connectivity index (χ4v) is 4.01. The van der Waals surface area contributed by atoms with Gasteiger partial charge in [-0.15, -0.1) is 0 Å². The second-order valence-corrected chi connectivity index (χ2v) is 7.18. The number of ether oxygens (including phenoxy) is 1. The lowest BCUT2D eigenvalue weighted by Gasteiger charge is -2.58. The molecule has 2 bridgehead atoms. The summed E-state index contributed by atoms with van der Waals surface area (Å²) in [4.78, 5) is 12.2. The Morgan fingerprint density at radius 1 is 1.31 bits per heavy atom. The zero-order valence-corrected chi connectivity index (χ0v) is 12.0. The summed E-state index contributed by atoms with van der Waals surface area (Å²) in [5.41, 5.74) is -0.0929. The van der Waals surface area contributed by atoms with Gasteiger partial charge in [-0.2, -0.15) is 0 Å². The minimum absolute atomic E-state index is 0.0382. The topological polar surface area (TPSA) is 26.3 Å². The SMILES string of the molecule is CC(C)(C)OC(=O)C12CCCC(CBr)(C1)C2. The highest BCUT2D eigenvalue weighted by molar-refractivity contribution is 9.09. The molecule has 0 aromatic rings. The maximum absolute atomic E-state index is 12.2. The second kappa shape index (κ2) is 3.72. The molecule has 2 nitrogen and oxygen atoms in total. The molecular formula is C13H21BrO2. The molecule has 0 aromatic carbocycles. The molecule has 0 unspecified atom stereocenters. The van der Waals surface area contributed by atoms with Gasteiger partial charge in [0.2, 0.25) is 0 Å². The maximum Gasteiger partial charge on any atom is 0.312 e. The molecule has 16 heavy (non-hydrogen) atoms. The van der Waals surface area contributed by atoms with E-state index in [1.807, 2.05) is 20.8 Å². The molecule has 0 radical (unpaired) electrons. The molecule has 0 amide bonds. The Kier molecular flexibility index (Phi) is 2.89. The second-order valence-electron chi connectivity index (χ2n) is 6.62. The first kappa shape index (κ1) is 12.4. The van der Waals surface area contributed by atoms with Crippen molar-refractivity contribution in [2.75, 3.05) is 5.33 Å². The van der Waals surface area contributed by atoms with Crippen LogP contribution in [0.5, 0.6) is 0 Å². The molecular weight excluding hydrogens is 268 g/mol. The van der Waals surface area contributed by atoms with Gasteiger partial charge in [-0.25, -0.2) is 0 Å². The Labute approximate surface area is 106 Å². The standard InChI is InChI=1S/C13H21BrO2/c1-11(2,3)16-10(15)13-6-4-5-12(7-13,8-13)9-14/h4-9H2,1-3H3. The predicted molar refractivity (Wildman–Crippen MR) is 67.6 cm³/mol. The van der Waals surface area contributed by atoms with Gasteiger partial charge in [-0.3, -0.25) is 4.79 Å². The van der Waals surface area contributed by atoms with E-state index in [0.29, 0.717) is 5.41 Å². The fourth-order valence-electron chi connectivity index (χ4n) is 3.33. The number of alkyl halides is 1. The largest absolute Gasteiger partial charge is 0.460 e. The van der Waals surface area contributed by atoms with Gasteiger partial charge >= 0.3 is 5.97 Å². The number of hydrogen-bond donors (Lipinski definition) is 0. The van der Waals surface area contributed by atoms with Crippen molar-refractivity contribution in [3.63, 3.8) is 0 Å². The molecule has 0 saturated heterocycles. The lowest BCUT2D eigenvalue weighted by atomic mass is 9.46. The van der Waals surface area contributed by atoms with E-state index in [-0.39, 0.29) is 17.0 Å². The van der Waals surface area contributed by atoms with Gasteiger partial charge in [0.05, 0.1) is 5.41 Å². The number of halogens is 1. The molecule has 0 spiro atoms. The van der Waals surface area contributed by atoms with Crippen molar-refractivity contribution in [3.05, 3.63) is 0 Å². The van der Waals surface area contributed by atoms with E-state index < -0.39 is 0 Å². The summed E-state index contributed by atoms with van der Waals surface area (Å²) in [6.45, 7) is 5.84. The third-order valence-electron chi connectivity index (χ3n) is 3.90. The Balaban J connectivity index is 2.03. The van der Waals surface area contributed by atoms with Crippen molar-refractivity contribution in [1.82, 2.24) is 0 Å².